The highest BCUT2D eigenvalue weighted by Crippen LogP contribution is 2.25. The predicted octanol–water partition coefficient (Wildman–Crippen LogP) is 4.04. The maximum Gasteiger partial charge on any atom is 0.152 e. The van der Waals surface area contributed by atoms with E-state index in [0.29, 0.717) is 23.3 Å². The van der Waals surface area contributed by atoms with Crippen molar-refractivity contribution < 1.29 is 18.3 Å². The second kappa shape index (κ2) is 5.45. The van der Waals surface area contributed by atoms with E-state index < -0.39 is 17.5 Å². The van der Waals surface area contributed by atoms with E-state index in [1.165, 1.54) is 0 Å². The van der Waals surface area contributed by atoms with Gasteiger partial charge in [-0.25, -0.2) is 13.2 Å². The molecule has 0 amide bonds. The number of benzene rings is 2. The summed E-state index contributed by atoms with van der Waals surface area (Å²) in [5, 5.41) is 12.3. The summed E-state index contributed by atoms with van der Waals surface area (Å²) in [6.07, 6.45) is 0. The van der Waals surface area contributed by atoms with Crippen LogP contribution in [0.5, 0.6) is 5.75 Å². The van der Waals surface area contributed by atoms with Crippen LogP contribution >= 0.6 is 0 Å². The number of phenolic OH excluding ortho intramolecular Hbond substituents is 1. The number of aromatic hydroxyl groups is 1. The van der Waals surface area contributed by atoms with Gasteiger partial charge in [0, 0.05) is 18.7 Å². The predicted molar refractivity (Wildman–Crippen MR) is 71.2 cm³/mol. The van der Waals surface area contributed by atoms with Crippen LogP contribution in [-0.4, -0.2) is 5.11 Å². The molecule has 2 nitrogen and oxygen atoms in total. The van der Waals surface area contributed by atoms with Crippen LogP contribution in [0.25, 0.3) is 0 Å². The molecule has 0 saturated carbocycles. The number of rotatable bonds is 3. The van der Waals surface area contributed by atoms with Crippen molar-refractivity contribution in [3.8, 4) is 5.75 Å². The maximum absolute atomic E-state index is 13.5. The summed E-state index contributed by atoms with van der Waals surface area (Å²) < 4.78 is 39.7. The second-order valence-corrected chi connectivity index (χ2v) is 4.68. The Morgan fingerprint density at radius 1 is 0.950 bits per heavy atom. The molecule has 0 heterocycles. The Morgan fingerprint density at radius 3 is 1.95 bits per heavy atom. The standard InChI is InChI=1S/C15H14F3NO/c1-8-3-10(4-9(2)15(8)20)7-19-14-12(17)5-11(16)6-13(14)18/h3-6,19-20H,7H2,1-2H3. The SMILES string of the molecule is Cc1cc(CNc2c(F)cc(F)cc2F)cc(C)c1O. The summed E-state index contributed by atoms with van der Waals surface area (Å²) in [6.45, 7) is 3.65. The van der Waals surface area contributed by atoms with Crippen LogP contribution in [0.4, 0.5) is 18.9 Å². The molecule has 0 aromatic heterocycles. The van der Waals surface area contributed by atoms with Crippen molar-refractivity contribution in [2.75, 3.05) is 5.32 Å². The number of hydrogen-bond donors (Lipinski definition) is 2. The van der Waals surface area contributed by atoms with Gasteiger partial charge in [0.15, 0.2) is 11.6 Å². The fourth-order valence-electron chi connectivity index (χ4n) is 2.05. The molecule has 2 aromatic rings. The third-order valence-corrected chi connectivity index (χ3v) is 3.03. The zero-order valence-electron chi connectivity index (χ0n) is 11.1. The zero-order chi connectivity index (χ0) is 14.9. The van der Waals surface area contributed by atoms with Crippen molar-refractivity contribution in [2.24, 2.45) is 0 Å². The molecule has 0 radical (unpaired) electrons. The average Bonchev–Trinajstić information content (AvgIpc) is 2.34. The van der Waals surface area contributed by atoms with E-state index in [0.717, 1.165) is 5.56 Å². The monoisotopic (exact) mass is 281 g/mol. The Balaban J connectivity index is 2.21. The first-order valence-electron chi connectivity index (χ1n) is 6.06. The van der Waals surface area contributed by atoms with Gasteiger partial charge < -0.3 is 10.4 Å². The smallest absolute Gasteiger partial charge is 0.152 e. The Hall–Kier alpha value is -2.17. The Labute approximate surface area is 114 Å². The molecule has 2 rings (SSSR count). The van der Waals surface area contributed by atoms with Gasteiger partial charge in [0.05, 0.1) is 0 Å². The minimum absolute atomic E-state index is 0.168. The van der Waals surface area contributed by atoms with Crippen molar-refractivity contribution >= 4 is 5.69 Å². The highest BCUT2D eigenvalue weighted by atomic mass is 19.1. The topological polar surface area (TPSA) is 32.3 Å². The zero-order valence-corrected chi connectivity index (χ0v) is 11.1. The van der Waals surface area contributed by atoms with E-state index in [1.807, 2.05) is 0 Å². The van der Waals surface area contributed by atoms with Gasteiger partial charge in [0.1, 0.15) is 17.3 Å². The minimum atomic E-state index is -0.977. The molecule has 20 heavy (non-hydrogen) atoms. The molecular weight excluding hydrogens is 267 g/mol. The molecule has 0 fully saturated rings. The number of aryl methyl sites for hydroxylation is 2. The van der Waals surface area contributed by atoms with E-state index in [4.69, 9.17) is 0 Å². The number of anilines is 1. The highest BCUT2D eigenvalue weighted by Gasteiger charge is 2.11. The fraction of sp³-hybridized carbons (Fsp3) is 0.200. The summed E-state index contributed by atoms with van der Waals surface area (Å²) in [5.41, 5.74) is 1.76. The van der Waals surface area contributed by atoms with Crippen molar-refractivity contribution in [2.45, 2.75) is 20.4 Å². The molecular formula is C15H14F3NO. The molecule has 0 atom stereocenters. The first-order chi connectivity index (χ1) is 9.38. The summed E-state index contributed by atoms with van der Waals surface area (Å²) in [5.74, 6) is -2.71. The lowest BCUT2D eigenvalue weighted by Gasteiger charge is -2.11. The second-order valence-electron chi connectivity index (χ2n) is 4.68. The summed E-state index contributed by atoms with van der Waals surface area (Å²) in [7, 11) is 0. The number of hydrogen-bond acceptors (Lipinski definition) is 2. The van der Waals surface area contributed by atoms with Crippen LogP contribution in [-0.2, 0) is 6.54 Å². The van der Waals surface area contributed by atoms with Gasteiger partial charge in [-0.05, 0) is 30.5 Å². The lowest BCUT2D eigenvalue weighted by molar-refractivity contribution is 0.466. The maximum atomic E-state index is 13.5. The lowest BCUT2D eigenvalue weighted by Crippen LogP contribution is -2.05. The molecule has 5 heteroatoms. The van der Waals surface area contributed by atoms with Gasteiger partial charge in [0.25, 0.3) is 0 Å². The molecule has 0 spiro atoms. The molecule has 0 aliphatic carbocycles. The lowest BCUT2D eigenvalue weighted by atomic mass is 10.1. The van der Waals surface area contributed by atoms with Crippen molar-refractivity contribution in [1.82, 2.24) is 0 Å². The molecule has 0 aliphatic heterocycles. The van der Waals surface area contributed by atoms with Gasteiger partial charge in [0.2, 0.25) is 0 Å². The summed E-state index contributed by atoms with van der Waals surface area (Å²) in [6, 6.07) is 4.68. The first kappa shape index (κ1) is 14.2. The highest BCUT2D eigenvalue weighted by molar-refractivity contribution is 5.48. The van der Waals surface area contributed by atoms with Gasteiger partial charge in [-0.2, -0.15) is 0 Å². The summed E-state index contributed by atoms with van der Waals surface area (Å²) in [4.78, 5) is 0. The normalized spacial score (nSPS) is 10.7. The van der Waals surface area contributed by atoms with Gasteiger partial charge in [-0.3, -0.25) is 0 Å². The Kier molecular flexibility index (Phi) is 3.88. The molecule has 106 valence electrons. The Bertz CT molecular complexity index is 610. The first-order valence-corrected chi connectivity index (χ1v) is 6.06. The van der Waals surface area contributed by atoms with Crippen molar-refractivity contribution in [1.29, 1.82) is 0 Å². The van der Waals surface area contributed by atoms with Gasteiger partial charge in [-0.1, -0.05) is 12.1 Å². The molecule has 0 saturated heterocycles. The van der Waals surface area contributed by atoms with Crippen molar-refractivity contribution in [3.63, 3.8) is 0 Å². The van der Waals surface area contributed by atoms with Gasteiger partial charge in [-0.15, -0.1) is 0 Å². The number of halogens is 3. The fourth-order valence-corrected chi connectivity index (χ4v) is 2.05. The largest absolute Gasteiger partial charge is 0.507 e. The average molecular weight is 281 g/mol. The quantitative estimate of drug-likeness (QED) is 0.890. The molecule has 2 aromatic carbocycles. The third kappa shape index (κ3) is 2.87. The van der Waals surface area contributed by atoms with E-state index in [1.54, 1.807) is 26.0 Å². The Morgan fingerprint density at radius 2 is 1.45 bits per heavy atom. The van der Waals surface area contributed by atoms with Gasteiger partial charge >= 0.3 is 0 Å². The van der Waals surface area contributed by atoms with Crippen LogP contribution in [0.15, 0.2) is 24.3 Å². The molecule has 0 aliphatic rings. The molecule has 2 N–H and O–H groups in total. The van der Waals surface area contributed by atoms with Crippen LogP contribution in [0.2, 0.25) is 0 Å². The number of phenols is 1. The van der Waals surface area contributed by atoms with E-state index >= 15 is 0 Å². The van der Waals surface area contributed by atoms with Crippen LogP contribution in [0.3, 0.4) is 0 Å². The van der Waals surface area contributed by atoms with Crippen LogP contribution < -0.4 is 5.32 Å². The molecule has 0 bridgehead atoms. The number of nitrogens with one attached hydrogen (secondary N) is 1. The summed E-state index contributed by atoms with van der Waals surface area (Å²) >= 11 is 0. The van der Waals surface area contributed by atoms with E-state index in [9.17, 15) is 18.3 Å². The third-order valence-electron chi connectivity index (χ3n) is 3.03. The van der Waals surface area contributed by atoms with E-state index in [-0.39, 0.29) is 18.0 Å². The van der Waals surface area contributed by atoms with Crippen molar-refractivity contribution in [3.05, 3.63) is 58.4 Å². The van der Waals surface area contributed by atoms with Crippen LogP contribution in [0, 0.1) is 31.3 Å². The van der Waals surface area contributed by atoms with Crippen LogP contribution in [0.1, 0.15) is 16.7 Å². The molecule has 0 unspecified atom stereocenters. The van der Waals surface area contributed by atoms with E-state index in [2.05, 4.69) is 5.32 Å². The minimum Gasteiger partial charge on any atom is -0.507 e.